The van der Waals surface area contributed by atoms with Crippen molar-refractivity contribution in [2.24, 2.45) is 0 Å². The standard InChI is InChI=1S/C27H29N5O2S/c1-2-19-8-6-7-11-22(19)29-24(33)16-28-26-25-21(20-9-4-3-5-10-20)18-35-27(25)31-23(30-26)17-32-12-14-34-15-13-32/h3-11,18H,2,12-17H2,1H3,(H,29,33)(H,28,30,31). The fourth-order valence-corrected chi connectivity index (χ4v) is 5.25. The van der Waals surface area contributed by atoms with Gasteiger partial charge in [0.1, 0.15) is 16.5 Å². The van der Waals surface area contributed by atoms with Gasteiger partial charge >= 0.3 is 0 Å². The fraction of sp³-hybridized carbons (Fsp3) is 0.296. The van der Waals surface area contributed by atoms with Gasteiger partial charge in [0.2, 0.25) is 5.91 Å². The zero-order chi connectivity index (χ0) is 24.0. The molecule has 0 spiro atoms. The molecule has 0 unspecified atom stereocenters. The van der Waals surface area contributed by atoms with Gasteiger partial charge in [0.15, 0.2) is 0 Å². The summed E-state index contributed by atoms with van der Waals surface area (Å²) in [6.07, 6.45) is 0.858. The fourth-order valence-electron chi connectivity index (χ4n) is 4.28. The topological polar surface area (TPSA) is 79.4 Å². The second kappa shape index (κ2) is 10.9. The summed E-state index contributed by atoms with van der Waals surface area (Å²) in [5.74, 6) is 1.33. The molecule has 0 radical (unpaired) electrons. The number of carbonyl (C=O) groups is 1. The van der Waals surface area contributed by atoms with Crippen LogP contribution in [0.3, 0.4) is 0 Å². The molecule has 1 saturated heterocycles. The lowest BCUT2D eigenvalue weighted by atomic mass is 10.1. The lowest BCUT2D eigenvalue weighted by Gasteiger charge is -2.25. The van der Waals surface area contributed by atoms with Crippen molar-refractivity contribution in [1.29, 1.82) is 0 Å². The molecule has 3 heterocycles. The van der Waals surface area contributed by atoms with Gasteiger partial charge in [-0.3, -0.25) is 9.69 Å². The Morgan fingerprint density at radius 2 is 1.83 bits per heavy atom. The van der Waals surface area contributed by atoms with Crippen LogP contribution >= 0.6 is 11.3 Å². The number of hydrogen-bond acceptors (Lipinski definition) is 7. The number of carbonyl (C=O) groups excluding carboxylic acids is 1. The van der Waals surface area contributed by atoms with Crippen molar-refractivity contribution < 1.29 is 9.53 Å². The first kappa shape index (κ1) is 23.4. The van der Waals surface area contributed by atoms with Crippen LogP contribution in [0.15, 0.2) is 60.0 Å². The Balaban J connectivity index is 1.42. The molecule has 35 heavy (non-hydrogen) atoms. The van der Waals surface area contributed by atoms with Crippen molar-refractivity contribution in [3.63, 3.8) is 0 Å². The minimum Gasteiger partial charge on any atom is -0.379 e. The number of benzene rings is 2. The maximum atomic E-state index is 12.8. The maximum absolute atomic E-state index is 12.8. The lowest BCUT2D eigenvalue weighted by molar-refractivity contribution is -0.114. The Bertz CT molecular complexity index is 1300. The Morgan fingerprint density at radius 1 is 1.06 bits per heavy atom. The third kappa shape index (κ3) is 5.51. The third-order valence-electron chi connectivity index (χ3n) is 6.12. The van der Waals surface area contributed by atoms with E-state index in [1.807, 2.05) is 42.5 Å². The molecule has 0 saturated carbocycles. The summed E-state index contributed by atoms with van der Waals surface area (Å²) >= 11 is 1.61. The van der Waals surface area contributed by atoms with Crippen LogP contribution in [0.25, 0.3) is 21.3 Å². The number of nitrogens with zero attached hydrogens (tertiary/aromatic N) is 3. The van der Waals surface area contributed by atoms with Crippen LogP contribution in [0.1, 0.15) is 18.3 Å². The molecule has 180 valence electrons. The Kier molecular flexibility index (Phi) is 7.32. The number of thiophene rings is 1. The molecule has 2 N–H and O–H groups in total. The first-order valence-corrected chi connectivity index (χ1v) is 12.8. The molecule has 1 fully saturated rings. The van der Waals surface area contributed by atoms with Gasteiger partial charge in [-0.2, -0.15) is 0 Å². The number of anilines is 2. The van der Waals surface area contributed by atoms with Gasteiger partial charge in [0, 0.05) is 29.7 Å². The highest BCUT2D eigenvalue weighted by molar-refractivity contribution is 7.17. The van der Waals surface area contributed by atoms with E-state index in [2.05, 4.69) is 40.0 Å². The molecule has 0 bridgehead atoms. The molecule has 0 aliphatic carbocycles. The normalized spacial score (nSPS) is 14.2. The number of rotatable bonds is 8. The van der Waals surface area contributed by atoms with Crippen molar-refractivity contribution in [3.05, 3.63) is 71.4 Å². The molecule has 5 rings (SSSR count). The molecule has 1 aliphatic heterocycles. The van der Waals surface area contributed by atoms with E-state index in [1.54, 1.807) is 11.3 Å². The second-order valence-electron chi connectivity index (χ2n) is 8.48. The van der Waals surface area contributed by atoms with Gasteiger partial charge in [-0.15, -0.1) is 11.3 Å². The molecule has 1 amide bonds. The molecular weight excluding hydrogens is 458 g/mol. The van der Waals surface area contributed by atoms with Crippen molar-refractivity contribution in [3.8, 4) is 11.1 Å². The number of aromatic nitrogens is 2. The van der Waals surface area contributed by atoms with Crippen molar-refractivity contribution in [2.75, 3.05) is 43.5 Å². The van der Waals surface area contributed by atoms with Gasteiger partial charge in [-0.25, -0.2) is 9.97 Å². The molecule has 8 heteroatoms. The number of hydrogen-bond donors (Lipinski definition) is 2. The van der Waals surface area contributed by atoms with Gasteiger partial charge < -0.3 is 15.4 Å². The summed E-state index contributed by atoms with van der Waals surface area (Å²) in [6, 6.07) is 18.1. The van der Waals surface area contributed by atoms with Gasteiger partial charge in [-0.1, -0.05) is 55.5 Å². The summed E-state index contributed by atoms with van der Waals surface area (Å²) < 4.78 is 5.48. The summed E-state index contributed by atoms with van der Waals surface area (Å²) in [4.78, 5) is 25.8. The van der Waals surface area contributed by atoms with E-state index in [1.165, 1.54) is 0 Å². The Labute approximate surface area is 209 Å². The molecule has 1 aliphatic rings. The lowest BCUT2D eigenvalue weighted by Crippen LogP contribution is -2.36. The average molecular weight is 488 g/mol. The summed E-state index contributed by atoms with van der Waals surface area (Å²) in [7, 11) is 0. The average Bonchev–Trinajstić information content (AvgIpc) is 3.33. The monoisotopic (exact) mass is 487 g/mol. The largest absolute Gasteiger partial charge is 0.379 e. The number of amides is 1. The third-order valence-corrected chi connectivity index (χ3v) is 6.99. The van der Waals surface area contributed by atoms with Crippen molar-refractivity contribution >= 4 is 39.0 Å². The van der Waals surface area contributed by atoms with E-state index in [9.17, 15) is 4.79 Å². The van der Waals surface area contributed by atoms with Gasteiger partial charge in [0.05, 0.1) is 31.7 Å². The van der Waals surface area contributed by atoms with Crippen molar-refractivity contribution in [1.82, 2.24) is 14.9 Å². The van der Waals surface area contributed by atoms with Crippen LogP contribution in [0, 0.1) is 0 Å². The second-order valence-corrected chi connectivity index (χ2v) is 9.34. The van der Waals surface area contributed by atoms with Crippen LogP contribution in [-0.2, 0) is 22.5 Å². The minimum absolute atomic E-state index is 0.108. The maximum Gasteiger partial charge on any atom is 0.243 e. The minimum atomic E-state index is -0.108. The SMILES string of the molecule is CCc1ccccc1NC(=O)CNc1nc(CN2CCOCC2)nc2scc(-c3ccccc3)c12. The van der Waals surface area contributed by atoms with E-state index in [0.29, 0.717) is 12.4 Å². The van der Waals surface area contributed by atoms with Crippen LogP contribution in [-0.4, -0.2) is 53.6 Å². The zero-order valence-electron chi connectivity index (χ0n) is 19.8. The number of aryl methyl sites for hydroxylation is 1. The number of morpholine rings is 1. The first-order valence-electron chi connectivity index (χ1n) is 12.0. The molecular formula is C27H29N5O2S. The predicted octanol–water partition coefficient (Wildman–Crippen LogP) is 4.80. The van der Waals surface area contributed by atoms with Gasteiger partial charge in [-0.05, 0) is 23.6 Å². The van der Waals surface area contributed by atoms with Crippen LogP contribution < -0.4 is 10.6 Å². The molecule has 2 aromatic carbocycles. The van der Waals surface area contributed by atoms with E-state index in [0.717, 1.165) is 71.1 Å². The molecule has 0 atom stereocenters. The van der Waals surface area contributed by atoms with Gasteiger partial charge in [0.25, 0.3) is 0 Å². The predicted molar refractivity (Wildman–Crippen MR) is 142 cm³/mol. The number of nitrogens with one attached hydrogen (secondary N) is 2. The zero-order valence-corrected chi connectivity index (χ0v) is 20.6. The van der Waals surface area contributed by atoms with E-state index < -0.39 is 0 Å². The highest BCUT2D eigenvalue weighted by Crippen LogP contribution is 2.37. The van der Waals surface area contributed by atoms with E-state index in [4.69, 9.17) is 14.7 Å². The van der Waals surface area contributed by atoms with E-state index >= 15 is 0 Å². The summed E-state index contributed by atoms with van der Waals surface area (Å²) in [5, 5.41) is 9.43. The van der Waals surface area contributed by atoms with Crippen LogP contribution in [0.2, 0.25) is 0 Å². The number of para-hydroxylation sites is 1. The molecule has 4 aromatic rings. The van der Waals surface area contributed by atoms with Crippen LogP contribution in [0.5, 0.6) is 0 Å². The van der Waals surface area contributed by atoms with Crippen LogP contribution in [0.4, 0.5) is 11.5 Å². The summed E-state index contributed by atoms with van der Waals surface area (Å²) in [5.41, 5.74) is 4.14. The highest BCUT2D eigenvalue weighted by atomic mass is 32.1. The Hall–Kier alpha value is -3.33. The van der Waals surface area contributed by atoms with Crippen molar-refractivity contribution in [2.45, 2.75) is 19.9 Å². The van der Waals surface area contributed by atoms with E-state index in [-0.39, 0.29) is 12.5 Å². The highest BCUT2D eigenvalue weighted by Gasteiger charge is 2.19. The smallest absolute Gasteiger partial charge is 0.243 e. The first-order chi connectivity index (χ1) is 17.2. The number of ether oxygens (including phenoxy) is 1. The molecule has 2 aromatic heterocycles. The molecule has 7 nitrogen and oxygen atoms in total. The Morgan fingerprint density at radius 3 is 2.63 bits per heavy atom. The summed E-state index contributed by atoms with van der Waals surface area (Å²) in [6.45, 7) is 6.03. The quantitative estimate of drug-likeness (QED) is 0.372. The number of fused-ring (bicyclic) bond motifs is 1.